The maximum Gasteiger partial charge on any atom is 0.416 e. The summed E-state index contributed by atoms with van der Waals surface area (Å²) < 4.78 is 82.0. The molecule has 0 saturated heterocycles. The molecule has 212 valence electrons. The van der Waals surface area contributed by atoms with Crippen LogP contribution in [0.2, 0.25) is 0 Å². The summed E-state index contributed by atoms with van der Waals surface area (Å²) >= 11 is 0. The highest BCUT2D eigenvalue weighted by molar-refractivity contribution is 7.92. The number of sulfonamides is 1. The van der Waals surface area contributed by atoms with Gasteiger partial charge in [-0.2, -0.15) is 18.4 Å². The zero-order valence-electron chi connectivity index (χ0n) is 21.4. The van der Waals surface area contributed by atoms with Crippen LogP contribution < -0.4 is 20.1 Å². The number of aliphatic hydroxyl groups excluding tert-OH is 1. The van der Waals surface area contributed by atoms with Crippen molar-refractivity contribution in [2.75, 3.05) is 25.2 Å². The summed E-state index contributed by atoms with van der Waals surface area (Å²) in [5.41, 5.74) is -1.66. The summed E-state index contributed by atoms with van der Waals surface area (Å²) in [4.78, 5) is 4.20. The van der Waals surface area contributed by atoms with Crippen LogP contribution in [0.15, 0.2) is 47.5 Å². The Kier molecular flexibility index (Phi) is 8.96. The third-order valence-electron chi connectivity index (χ3n) is 5.92. The van der Waals surface area contributed by atoms with Crippen LogP contribution in [0.3, 0.4) is 0 Å². The van der Waals surface area contributed by atoms with E-state index in [2.05, 4.69) is 20.3 Å². The highest BCUT2D eigenvalue weighted by atomic mass is 32.2. The molecule has 2 aromatic rings. The number of anilines is 1. The van der Waals surface area contributed by atoms with Crippen LogP contribution in [0.5, 0.6) is 5.75 Å². The number of aliphatic hydroxyl groups is 1. The van der Waals surface area contributed by atoms with Gasteiger partial charge in [0.05, 0.1) is 24.4 Å². The van der Waals surface area contributed by atoms with E-state index >= 15 is 0 Å². The second-order valence-electron chi connectivity index (χ2n) is 8.88. The minimum atomic E-state index is -4.54. The number of halogens is 3. The Hall–Kier alpha value is -3.58. The molecule has 0 aliphatic carbocycles. The molecule has 11 nitrogen and oxygen atoms in total. The van der Waals surface area contributed by atoms with Crippen molar-refractivity contribution in [1.82, 2.24) is 10.6 Å². The fourth-order valence-corrected chi connectivity index (χ4v) is 4.76. The second-order valence-corrected chi connectivity index (χ2v) is 10.6. The number of guanidine groups is 1. The van der Waals surface area contributed by atoms with Gasteiger partial charge >= 0.3 is 6.18 Å². The first-order chi connectivity index (χ1) is 18.2. The van der Waals surface area contributed by atoms with Crippen LogP contribution in [0.4, 0.5) is 18.9 Å². The van der Waals surface area contributed by atoms with E-state index in [1.54, 1.807) is 6.19 Å². The minimum absolute atomic E-state index is 0.165. The van der Waals surface area contributed by atoms with Gasteiger partial charge in [0.25, 0.3) is 0 Å². The molecule has 0 saturated carbocycles. The van der Waals surface area contributed by atoms with Crippen molar-refractivity contribution in [3.05, 3.63) is 59.2 Å². The number of nitrogens with zero attached hydrogens (tertiary/aromatic N) is 2. The standard InChI is InChI=1S/C24H28F3N5O6S/c1-23(21(36-2)37-3)20(33)19(17-11-16(32-39(4,34)35)8-9-18(17)38-23)31-22(30-13-28)29-12-14-6-5-7-15(10-14)24(25,26)27/h5-11,19-21,32-33H,12H2,1-4H3,(H2,29,30,31)/t19-,20+,23-/m1/s1. The summed E-state index contributed by atoms with van der Waals surface area (Å²) in [6.45, 7) is 1.30. The van der Waals surface area contributed by atoms with Gasteiger partial charge in [-0.1, -0.05) is 12.1 Å². The lowest BCUT2D eigenvalue weighted by Crippen LogP contribution is -2.62. The van der Waals surface area contributed by atoms with Gasteiger partial charge in [0, 0.05) is 25.5 Å². The zero-order valence-corrected chi connectivity index (χ0v) is 22.2. The summed E-state index contributed by atoms with van der Waals surface area (Å²) in [6.07, 6.45) is -4.36. The quantitative estimate of drug-likeness (QED) is 0.123. The summed E-state index contributed by atoms with van der Waals surface area (Å²) in [5, 5.41) is 26.0. The van der Waals surface area contributed by atoms with Crippen molar-refractivity contribution in [2.45, 2.75) is 43.7 Å². The number of hydrogen-bond donors (Lipinski definition) is 4. The molecule has 1 aliphatic rings. The van der Waals surface area contributed by atoms with E-state index in [0.717, 1.165) is 18.4 Å². The van der Waals surface area contributed by atoms with Crippen LogP contribution in [-0.4, -0.2) is 58.0 Å². The topological polar surface area (TPSA) is 154 Å². The highest BCUT2D eigenvalue weighted by Crippen LogP contribution is 2.43. The number of aliphatic imine (C=N–C) groups is 1. The number of methoxy groups -OCH3 is 2. The number of nitrogens with one attached hydrogen (secondary N) is 3. The van der Waals surface area contributed by atoms with E-state index in [0.29, 0.717) is 5.56 Å². The molecule has 0 unspecified atom stereocenters. The van der Waals surface area contributed by atoms with Gasteiger partial charge in [0.15, 0.2) is 18.1 Å². The van der Waals surface area contributed by atoms with Crippen molar-refractivity contribution in [1.29, 1.82) is 5.26 Å². The molecule has 4 N–H and O–H groups in total. The molecule has 1 heterocycles. The van der Waals surface area contributed by atoms with Gasteiger partial charge < -0.3 is 24.6 Å². The minimum Gasteiger partial charge on any atom is -0.479 e. The monoisotopic (exact) mass is 571 g/mol. The smallest absolute Gasteiger partial charge is 0.416 e. The van der Waals surface area contributed by atoms with Crippen LogP contribution in [0.25, 0.3) is 0 Å². The maximum absolute atomic E-state index is 13.1. The number of rotatable bonds is 8. The summed E-state index contributed by atoms with van der Waals surface area (Å²) in [5.74, 6) is 0.0784. The Morgan fingerprint density at radius 1 is 1.26 bits per heavy atom. The molecular weight excluding hydrogens is 543 g/mol. The fourth-order valence-electron chi connectivity index (χ4n) is 4.21. The molecule has 0 amide bonds. The first kappa shape index (κ1) is 30.0. The van der Waals surface area contributed by atoms with Crippen LogP contribution in [0.1, 0.15) is 29.7 Å². The lowest BCUT2D eigenvalue weighted by molar-refractivity contribution is -0.238. The van der Waals surface area contributed by atoms with Gasteiger partial charge in [-0.05, 0) is 42.8 Å². The highest BCUT2D eigenvalue weighted by Gasteiger charge is 2.52. The third-order valence-corrected chi connectivity index (χ3v) is 6.52. The predicted molar refractivity (Wildman–Crippen MR) is 135 cm³/mol. The van der Waals surface area contributed by atoms with E-state index < -0.39 is 45.8 Å². The first-order valence-corrected chi connectivity index (χ1v) is 13.3. The molecule has 0 bridgehead atoms. The molecule has 3 rings (SSSR count). The second kappa shape index (κ2) is 11.7. The van der Waals surface area contributed by atoms with Crippen molar-refractivity contribution in [3.8, 4) is 11.9 Å². The van der Waals surface area contributed by atoms with Crippen molar-refractivity contribution >= 4 is 21.7 Å². The van der Waals surface area contributed by atoms with Crippen LogP contribution in [-0.2, 0) is 32.2 Å². The number of fused-ring (bicyclic) bond motifs is 1. The Morgan fingerprint density at radius 2 is 1.95 bits per heavy atom. The molecule has 15 heteroatoms. The maximum atomic E-state index is 13.1. The summed E-state index contributed by atoms with van der Waals surface area (Å²) in [6, 6.07) is 7.86. The SMILES string of the molecule is COC(OC)[C@]1(C)Oc2ccc(NS(C)(=O)=O)cc2[C@@H](NC(=NCc2cccc(C(F)(F)F)c2)NC#N)[C@@H]1O. The van der Waals surface area contributed by atoms with Gasteiger partial charge in [0.2, 0.25) is 16.0 Å². The normalized spacial score (nSPS) is 21.5. The number of hydrogen-bond acceptors (Lipinski definition) is 8. The first-order valence-electron chi connectivity index (χ1n) is 11.4. The van der Waals surface area contributed by atoms with E-state index in [1.165, 1.54) is 51.5 Å². The van der Waals surface area contributed by atoms with Gasteiger partial charge in [-0.15, -0.1) is 0 Å². The zero-order chi connectivity index (χ0) is 29.0. The van der Waals surface area contributed by atoms with Gasteiger partial charge in [-0.3, -0.25) is 10.0 Å². The number of ether oxygens (including phenoxy) is 3. The van der Waals surface area contributed by atoms with E-state index in [1.807, 2.05) is 0 Å². The Balaban J connectivity index is 2.03. The molecule has 0 aromatic heterocycles. The van der Waals surface area contributed by atoms with E-state index in [4.69, 9.17) is 14.2 Å². The molecule has 2 aromatic carbocycles. The molecule has 3 atom stereocenters. The van der Waals surface area contributed by atoms with Crippen molar-refractivity contribution < 1.29 is 40.9 Å². The molecule has 0 radical (unpaired) electrons. The molecule has 39 heavy (non-hydrogen) atoms. The average molecular weight is 572 g/mol. The van der Waals surface area contributed by atoms with E-state index in [9.17, 15) is 32.0 Å². The van der Waals surface area contributed by atoms with Crippen molar-refractivity contribution in [3.63, 3.8) is 0 Å². The Labute approximate surface area is 223 Å². The van der Waals surface area contributed by atoms with Crippen molar-refractivity contribution in [2.24, 2.45) is 4.99 Å². The number of nitriles is 1. The van der Waals surface area contributed by atoms with Crippen LogP contribution in [0, 0.1) is 11.5 Å². The molecular formula is C24H28F3N5O6S. The lowest BCUT2D eigenvalue weighted by Gasteiger charge is -2.46. The Bertz CT molecular complexity index is 1360. The number of benzene rings is 2. The summed E-state index contributed by atoms with van der Waals surface area (Å²) in [7, 11) is -0.931. The van der Waals surface area contributed by atoms with Crippen LogP contribution >= 0.6 is 0 Å². The van der Waals surface area contributed by atoms with Gasteiger partial charge in [0.1, 0.15) is 11.9 Å². The van der Waals surface area contributed by atoms with Gasteiger partial charge in [-0.25, -0.2) is 13.4 Å². The molecule has 0 fully saturated rings. The fraction of sp³-hybridized carbons (Fsp3) is 0.417. The molecule has 0 spiro atoms. The average Bonchev–Trinajstić information content (AvgIpc) is 2.85. The molecule has 1 aliphatic heterocycles. The van der Waals surface area contributed by atoms with E-state index in [-0.39, 0.29) is 29.5 Å². The third kappa shape index (κ3) is 7.09. The lowest BCUT2D eigenvalue weighted by atomic mass is 9.84. The predicted octanol–water partition coefficient (Wildman–Crippen LogP) is 2.47. The number of alkyl halides is 3. The largest absolute Gasteiger partial charge is 0.479 e. The Morgan fingerprint density at radius 3 is 2.54 bits per heavy atom.